The molecule has 3 heteroatoms. The third-order valence-electron chi connectivity index (χ3n) is 1.75. The van der Waals surface area contributed by atoms with Crippen molar-refractivity contribution >= 4 is 27.7 Å². The molecule has 1 atom stereocenters. The molecule has 0 saturated carbocycles. The van der Waals surface area contributed by atoms with E-state index < -0.39 is 0 Å². The van der Waals surface area contributed by atoms with Crippen molar-refractivity contribution in [2.24, 2.45) is 0 Å². The molecule has 1 rings (SSSR count). The van der Waals surface area contributed by atoms with Gasteiger partial charge < -0.3 is 5.11 Å². The highest BCUT2D eigenvalue weighted by Gasteiger charge is 2.03. The average molecular weight is 285 g/mol. The van der Waals surface area contributed by atoms with Crippen LogP contribution in [0, 0.1) is 11.8 Å². The van der Waals surface area contributed by atoms with Gasteiger partial charge in [0.2, 0.25) is 0 Å². The number of aliphatic hydroxyl groups is 1. The zero-order chi connectivity index (χ0) is 11.1. The molecule has 0 aliphatic rings. The van der Waals surface area contributed by atoms with Crippen molar-refractivity contribution in [3.8, 4) is 11.8 Å². The Labute approximate surface area is 103 Å². The summed E-state index contributed by atoms with van der Waals surface area (Å²) in [5.74, 6) is 6.34. The molecule has 1 N–H and O–H groups in total. The number of hydrogen-bond acceptors (Lipinski definition) is 2. The molecule has 0 bridgehead atoms. The molecular weight excluding hydrogens is 272 g/mol. The van der Waals surface area contributed by atoms with E-state index in [1.807, 2.05) is 24.3 Å². The number of rotatable bonds is 4. The molecule has 0 spiro atoms. The fraction of sp³-hybridized carbons (Fsp3) is 0.333. The van der Waals surface area contributed by atoms with Gasteiger partial charge in [-0.05, 0) is 25.1 Å². The summed E-state index contributed by atoms with van der Waals surface area (Å²) in [5.41, 5.74) is 0. The minimum Gasteiger partial charge on any atom is -0.391 e. The van der Waals surface area contributed by atoms with E-state index in [2.05, 4.69) is 27.8 Å². The van der Waals surface area contributed by atoms with Gasteiger partial charge in [-0.25, -0.2) is 0 Å². The lowest BCUT2D eigenvalue weighted by Gasteiger charge is -2.06. The summed E-state index contributed by atoms with van der Waals surface area (Å²) in [4.78, 5) is 1.16. The van der Waals surface area contributed by atoms with Crippen LogP contribution in [-0.2, 0) is 0 Å². The molecule has 0 amide bonds. The second-order valence-corrected chi connectivity index (χ2v) is 5.06. The van der Waals surface area contributed by atoms with Gasteiger partial charge in [0, 0.05) is 21.5 Å². The highest BCUT2D eigenvalue weighted by atomic mass is 79.9. The van der Waals surface area contributed by atoms with Crippen LogP contribution in [0.4, 0.5) is 0 Å². The van der Waals surface area contributed by atoms with Gasteiger partial charge in [0.15, 0.2) is 0 Å². The maximum Gasteiger partial charge on any atom is 0.0743 e. The second-order valence-electron chi connectivity index (χ2n) is 3.05. The van der Waals surface area contributed by atoms with Crippen molar-refractivity contribution in [2.75, 3.05) is 5.75 Å². The largest absolute Gasteiger partial charge is 0.391 e. The Morgan fingerprint density at radius 3 is 3.00 bits per heavy atom. The number of benzene rings is 1. The predicted molar refractivity (Wildman–Crippen MR) is 68.9 cm³/mol. The zero-order valence-corrected chi connectivity index (χ0v) is 10.9. The number of aliphatic hydroxyl groups excluding tert-OH is 1. The molecule has 80 valence electrons. The van der Waals surface area contributed by atoms with Gasteiger partial charge in [0.05, 0.1) is 6.10 Å². The molecule has 0 heterocycles. The van der Waals surface area contributed by atoms with Crippen LogP contribution < -0.4 is 0 Å². The fourth-order valence-electron chi connectivity index (χ4n) is 1.03. The lowest BCUT2D eigenvalue weighted by molar-refractivity contribution is 0.205. The van der Waals surface area contributed by atoms with E-state index in [-0.39, 0.29) is 6.10 Å². The molecule has 15 heavy (non-hydrogen) atoms. The smallest absolute Gasteiger partial charge is 0.0743 e. The Bertz CT molecular complexity index is 367. The Morgan fingerprint density at radius 2 is 2.33 bits per heavy atom. The Balaban J connectivity index is 2.38. The molecule has 0 radical (unpaired) electrons. The van der Waals surface area contributed by atoms with E-state index in [0.29, 0.717) is 12.2 Å². The van der Waals surface area contributed by atoms with Crippen molar-refractivity contribution in [1.29, 1.82) is 0 Å². The topological polar surface area (TPSA) is 20.2 Å². The van der Waals surface area contributed by atoms with E-state index in [1.54, 1.807) is 18.7 Å². The first-order chi connectivity index (χ1) is 7.22. The Hall–Kier alpha value is -0.430. The van der Waals surface area contributed by atoms with Crippen LogP contribution >= 0.6 is 27.7 Å². The van der Waals surface area contributed by atoms with Crippen LogP contribution in [-0.4, -0.2) is 17.0 Å². The van der Waals surface area contributed by atoms with Crippen molar-refractivity contribution in [3.63, 3.8) is 0 Å². The number of thioether (sulfide) groups is 1. The van der Waals surface area contributed by atoms with Gasteiger partial charge >= 0.3 is 0 Å². The summed E-state index contributed by atoms with van der Waals surface area (Å²) in [6.45, 7) is 1.79. The van der Waals surface area contributed by atoms with Gasteiger partial charge in [-0.3, -0.25) is 0 Å². The highest BCUT2D eigenvalue weighted by molar-refractivity contribution is 9.10. The standard InChI is InChI=1S/C12H13BrOS/c1-2-3-6-11(14)9-15-12-7-4-5-10(13)8-12/h4-5,7-8,11,14H,6,9H2,1H3. The first-order valence-corrected chi connectivity index (χ1v) is 6.46. The first-order valence-electron chi connectivity index (χ1n) is 4.68. The summed E-state index contributed by atoms with van der Waals surface area (Å²) >= 11 is 5.06. The third kappa shape index (κ3) is 5.27. The molecule has 0 saturated heterocycles. The van der Waals surface area contributed by atoms with Crippen molar-refractivity contribution in [3.05, 3.63) is 28.7 Å². The first kappa shape index (κ1) is 12.6. The third-order valence-corrected chi connectivity index (χ3v) is 3.38. The maximum absolute atomic E-state index is 9.58. The van der Waals surface area contributed by atoms with E-state index in [4.69, 9.17) is 0 Å². The predicted octanol–water partition coefficient (Wildman–Crippen LogP) is 3.32. The second kappa shape index (κ2) is 6.95. The van der Waals surface area contributed by atoms with Gasteiger partial charge in [0.1, 0.15) is 0 Å². The number of hydrogen-bond donors (Lipinski definition) is 1. The van der Waals surface area contributed by atoms with Gasteiger partial charge in [-0.1, -0.05) is 22.0 Å². The van der Waals surface area contributed by atoms with Crippen LogP contribution in [0.15, 0.2) is 33.6 Å². The minimum atomic E-state index is -0.346. The molecule has 0 aliphatic carbocycles. The molecule has 1 aromatic rings. The van der Waals surface area contributed by atoms with E-state index in [0.717, 1.165) is 9.37 Å². The quantitative estimate of drug-likeness (QED) is 0.676. The van der Waals surface area contributed by atoms with Gasteiger partial charge in [0.25, 0.3) is 0 Å². The summed E-state index contributed by atoms with van der Waals surface area (Å²) < 4.78 is 1.07. The average Bonchev–Trinajstić information content (AvgIpc) is 2.23. The lowest BCUT2D eigenvalue weighted by Crippen LogP contribution is -2.08. The summed E-state index contributed by atoms with van der Waals surface area (Å²) in [6, 6.07) is 8.06. The monoisotopic (exact) mass is 284 g/mol. The normalized spacial score (nSPS) is 11.7. The molecule has 1 aromatic carbocycles. The van der Waals surface area contributed by atoms with Crippen molar-refractivity contribution in [1.82, 2.24) is 0 Å². The SMILES string of the molecule is CC#CCC(O)CSc1cccc(Br)c1. The molecule has 1 nitrogen and oxygen atoms in total. The minimum absolute atomic E-state index is 0.346. The van der Waals surface area contributed by atoms with E-state index in [9.17, 15) is 5.11 Å². The molecule has 1 unspecified atom stereocenters. The van der Waals surface area contributed by atoms with Crippen molar-refractivity contribution in [2.45, 2.75) is 24.3 Å². The highest BCUT2D eigenvalue weighted by Crippen LogP contribution is 2.22. The van der Waals surface area contributed by atoms with E-state index >= 15 is 0 Å². The summed E-state index contributed by atoms with van der Waals surface area (Å²) in [6.07, 6.45) is 0.207. The number of halogens is 1. The van der Waals surface area contributed by atoms with Crippen LogP contribution in [0.25, 0.3) is 0 Å². The van der Waals surface area contributed by atoms with Crippen LogP contribution in [0.3, 0.4) is 0 Å². The summed E-state index contributed by atoms with van der Waals surface area (Å²) in [7, 11) is 0. The maximum atomic E-state index is 9.58. The van der Waals surface area contributed by atoms with Crippen LogP contribution in [0.1, 0.15) is 13.3 Å². The van der Waals surface area contributed by atoms with Crippen LogP contribution in [0.2, 0.25) is 0 Å². The van der Waals surface area contributed by atoms with Gasteiger partial charge in [-0.15, -0.1) is 23.6 Å². The van der Waals surface area contributed by atoms with Gasteiger partial charge in [-0.2, -0.15) is 0 Å². The molecular formula is C12H13BrOS. The Kier molecular flexibility index (Phi) is 5.85. The fourth-order valence-corrected chi connectivity index (χ4v) is 2.47. The molecule has 0 aliphatic heterocycles. The summed E-state index contributed by atoms with van der Waals surface area (Å²) in [5, 5.41) is 9.58. The lowest BCUT2D eigenvalue weighted by atomic mass is 10.3. The van der Waals surface area contributed by atoms with Crippen molar-refractivity contribution < 1.29 is 5.11 Å². The molecule has 0 fully saturated rings. The van der Waals surface area contributed by atoms with E-state index in [1.165, 1.54) is 0 Å². The zero-order valence-electron chi connectivity index (χ0n) is 8.53. The van der Waals surface area contributed by atoms with Crippen LogP contribution in [0.5, 0.6) is 0 Å². The molecule has 0 aromatic heterocycles. The Morgan fingerprint density at radius 1 is 1.53 bits per heavy atom.